The molecule has 3 nitrogen and oxygen atoms in total. The molecule has 62 valence electrons. The SMILES string of the molecule is CCOC(=O)C1=CN(C)CS1. The number of nitrogens with zero attached hydrogens (tertiary/aromatic N) is 1. The maximum Gasteiger partial charge on any atom is 0.346 e. The summed E-state index contributed by atoms with van der Waals surface area (Å²) in [7, 11) is 1.93. The van der Waals surface area contributed by atoms with Crippen LogP contribution >= 0.6 is 11.8 Å². The van der Waals surface area contributed by atoms with Crippen molar-refractivity contribution in [1.82, 2.24) is 4.90 Å². The zero-order chi connectivity index (χ0) is 8.27. The lowest BCUT2D eigenvalue weighted by atomic mass is 10.6. The highest BCUT2D eigenvalue weighted by molar-refractivity contribution is 8.04. The molecule has 0 N–H and O–H groups in total. The standard InChI is InChI=1S/C7H11NO2S/c1-3-10-7(9)6-4-8(2)5-11-6/h4H,3,5H2,1-2H3. The van der Waals surface area contributed by atoms with E-state index in [2.05, 4.69) is 0 Å². The van der Waals surface area contributed by atoms with Crippen LogP contribution in [0.1, 0.15) is 6.92 Å². The minimum Gasteiger partial charge on any atom is -0.462 e. The Bertz CT molecular complexity index is 191. The number of carbonyl (C=O) groups excluding carboxylic acids is 1. The normalized spacial score (nSPS) is 16.5. The van der Waals surface area contributed by atoms with Gasteiger partial charge in [0.25, 0.3) is 0 Å². The zero-order valence-electron chi connectivity index (χ0n) is 6.66. The summed E-state index contributed by atoms with van der Waals surface area (Å²) >= 11 is 1.51. The molecule has 1 aliphatic rings. The third-order valence-electron chi connectivity index (χ3n) is 1.24. The highest BCUT2D eigenvalue weighted by atomic mass is 32.2. The number of ether oxygens (including phenoxy) is 1. The molecule has 1 heterocycles. The molecule has 0 saturated heterocycles. The van der Waals surface area contributed by atoms with Crippen molar-refractivity contribution in [3.8, 4) is 0 Å². The Morgan fingerprint density at radius 1 is 1.91 bits per heavy atom. The molecule has 0 bridgehead atoms. The lowest BCUT2D eigenvalue weighted by Gasteiger charge is -2.00. The van der Waals surface area contributed by atoms with Crippen molar-refractivity contribution in [3.63, 3.8) is 0 Å². The van der Waals surface area contributed by atoms with Crippen LogP contribution in [0.2, 0.25) is 0 Å². The molecule has 4 heteroatoms. The lowest BCUT2D eigenvalue weighted by molar-refractivity contribution is -0.137. The Labute approximate surface area is 70.4 Å². The van der Waals surface area contributed by atoms with Gasteiger partial charge >= 0.3 is 5.97 Å². The Morgan fingerprint density at radius 2 is 2.64 bits per heavy atom. The molecule has 0 radical (unpaired) electrons. The topological polar surface area (TPSA) is 29.5 Å². The van der Waals surface area contributed by atoms with Gasteiger partial charge in [-0.25, -0.2) is 4.79 Å². The van der Waals surface area contributed by atoms with Crippen LogP contribution in [0.4, 0.5) is 0 Å². The van der Waals surface area contributed by atoms with Crippen LogP contribution < -0.4 is 0 Å². The van der Waals surface area contributed by atoms with Crippen LogP contribution in [0.25, 0.3) is 0 Å². The number of hydrogen-bond acceptors (Lipinski definition) is 4. The first-order chi connectivity index (χ1) is 5.24. The Balaban J connectivity index is 2.48. The van der Waals surface area contributed by atoms with Crippen LogP contribution in [0.3, 0.4) is 0 Å². The van der Waals surface area contributed by atoms with Crippen molar-refractivity contribution in [2.45, 2.75) is 6.92 Å². The van der Waals surface area contributed by atoms with E-state index in [1.165, 1.54) is 11.8 Å². The first kappa shape index (κ1) is 8.46. The van der Waals surface area contributed by atoms with E-state index in [1.807, 2.05) is 25.1 Å². The Kier molecular flexibility index (Phi) is 2.82. The van der Waals surface area contributed by atoms with Gasteiger partial charge in [0.15, 0.2) is 0 Å². The predicted molar refractivity (Wildman–Crippen MR) is 44.9 cm³/mol. The minimum absolute atomic E-state index is 0.207. The number of rotatable bonds is 2. The fourth-order valence-electron chi connectivity index (χ4n) is 0.760. The summed E-state index contributed by atoms with van der Waals surface area (Å²) in [6, 6.07) is 0. The minimum atomic E-state index is -0.207. The molecule has 11 heavy (non-hydrogen) atoms. The van der Waals surface area contributed by atoms with Gasteiger partial charge in [-0.1, -0.05) is 11.8 Å². The van der Waals surface area contributed by atoms with Gasteiger partial charge < -0.3 is 9.64 Å². The average Bonchev–Trinajstić information content (AvgIpc) is 2.36. The average molecular weight is 173 g/mol. The molecule has 0 spiro atoms. The largest absolute Gasteiger partial charge is 0.462 e. The van der Waals surface area contributed by atoms with Gasteiger partial charge in [-0.2, -0.15) is 0 Å². The van der Waals surface area contributed by atoms with Crippen molar-refractivity contribution in [1.29, 1.82) is 0 Å². The second kappa shape index (κ2) is 3.67. The van der Waals surface area contributed by atoms with E-state index in [-0.39, 0.29) is 5.97 Å². The van der Waals surface area contributed by atoms with Crippen LogP contribution in [-0.4, -0.2) is 30.4 Å². The zero-order valence-corrected chi connectivity index (χ0v) is 7.48. The Morgan fingerprint density at radius 3 is 3.09 bits per heavy atom. The van der Waals surface area contributed by atoms with E-state index >= 15 is 0 Å². The van der Waals surface area contributed by atoms with Crippen LogP contribution in [-0.2, 0) is 9.53 Å². The fourth-order valence-corrected chi connectivity index (χ4v) is 1.61. The molecule has 1 aliphatic heterocycles. The highest BCUT2D eigenvalue weighted by Gasteiger charge is 2.17. The predicted octanol–water partition coefficient (Wildman–Crippen LogP) is 1.03. The van der Waals surface area contributed by atoms with Crippen molar-refractivity contribution >= 4 is 17.7 Å². The number of esters is 1. The molecular weight excluding hydrogens is 162 g/mol. The quantitative estimate of drug-likeness (QED) is 0.583. The maximum atomic E-state index is 11.1. The third-order valence-corrected chi connectivity index (χ3v) is 2.36. The van der Waals surface area contributed by atoms with Crippen molar-refractivity contribution in [3.05, 3.63) is 11.1 Å². The molecule has 0 aromatic heterocycles. The molecule has 1 rings (SSSR count). The van der Waals surface area contributed by atoms with Crippen molar-refractivity contribution in [2.75, 3.05) is 19.5 Å². The van der Waals surface area contributed by atoms with E-state index in [4.69, 9.17) is 4.74 Å². The molecule has 0 aromatic carbocycles. The summed E-state index contributed by atoms with van der Waals surface area (Å²) in [5.74, 6) is 0.635. The molecule has 0 fully saturated rings. The Hall–Kier alpha value is -0.640. The molecule has 0 unspecified atom stereocenters. The second-order valence-electron chi connectivity index (χ2n) is 2.24. The highest BCUT2D eigenvalue weighted by Crippen LogP contribution is 2.24. The van der Waals surface area contributed by atoms with Gasteiger partial charge in [0, 0.05) is 13.2 Å². The van der Waals surface area contributed by atoms with Crippen LogP contribution in [0.5, 0.6) is 0 Å². The van der Waals surface area contributed by atoms with Gasteiger partial charge in [0.05, 0.1) is 12.5 Å². The second-order valence-corrected chi connectivity index (χ2v) is 3.23. The van der Waals surface area contributed by atoms with Gasteiger partial charge in [0.1, 0.15) is 4.91 Å². The van der Waals surface area contributed by atoms with E-state index in [9.17, 15) is 4.79 Å². The molecule has 0 aliphatic carbocycles. The van der Waals surface area contributed by atoms with E-state index in [1.54, 1.807) is 0 Å². The van der Waals surface area contributed by atoms with E-state index in [0.29, 0.717) is 11.5 Å². The fraction of sp³-hybridized carbons (Fsp3) is 0.571. The molecule has 0 atom stereocenters. The summed E-state index contributed by atoms with van der Waals surface area (Å²) in [4.78, 5) is 13.7. The van der Waals surface area contributed by atoms with Crippen molar-refractivity contribution in [2.24, 2.45) is 0 Å². The summed E-state index contributed by atoms with van der Waals surface area (Å²) in [6.45, 7) is 2.25. The smallest absolute Gasteiger partial charge is 0.346 e. The maximum absolute atomic E-state index is 11.1. The number of carbonyl (C=O) groups is 1. The van der Waals surface area contributed by atoms with Crippen LogP contribution in [0, 0.1) is 0 Å². The summed E-state index contributed by atoms with van der Waals surface area (Å²) in [5.41, 5.74) is 0. The monoisotopic (exact) mass is 173 g/mol. The van der Waals surface area contributed by atoms with E-state index in [0.717, 1.165) is 5.88 Å². The number of hydrogen-bond donors (Lipinski definition) is 0. The first-order valence-corrected chi connectivity index (χ1v) is 4.44. The summed E-state index contributed by atoms with van der Waals surface area (Å²) in [6.07, 6.45) is 1.81. The van der Waals surface area contributed by atoms with Gasteiger partial charge in [-0.3, -0.25) is 0 Å². The molecule has 0 aromatic rings. The molecule has 0 saturated carbocycles. The molecular formula is C7H11NO2S. The first-order valence-electron chi connectivity index (χ1n) is 3.46. The number of thioether (sulfide) groups is 1. The lowest BCUT2D eigenvalue weighted by Crippen LogP contribution is -2.04. The third kappa shape index (κ3) is 2.15. The summed E-state index contributed by atoms with van der Waals surface area (Å²) < 4.78 is 4.82. The summed E-state index contributed by atoms with van der Waals surface area (Å²) in [5, 5.41) is 0. The van der Waals surface area contributed by atoms with Crippen LogP contribution in [0.15, 0.2) is 11.1 Å². The van der Waals surface area contributed by atoms with E-state index < -0.39 is 0 Å². The van der Waals surface area contributed by atoms with Crippen molar-refractivity contribution < 1.29 is 9.53 Å². The van der Waals surface area contributed by atoms with Gasteiger partial charge in [-0.15, -0.1) is 0 Å². The molecule has 0 amide bonds. The van der Waals surface area contributed by atoms with Gasteiger partial charge in [0.2, 0.25) is 0 Å². The van der Waals surface area contributed by atoms with Gasteiger partial charge in [-0.05, 0) is 6.92 Å².